The number of ether oxygens (including phenoxy) is 1. The summed E-state index contributed by atoms with van der Waals surface area (Å²) in [4.78, 5) is 9.63. The predicted molar refractivity (Wildman–Crippen MR) is 297 cm³/mol. The molecule has 5 nitrogen and oxygen atoms in total. The maximum absolute atomic E-state index is 6.83. The fraction of sp³-hybridized carbons (Fsp3) is 0.250. The fourth-order valence-electron chi connectivity index (χ4n) is 9.86. The number of nitrogens with zero attached hydrogens (tertiary/aromatic N) is 4. The van der Waals surface area contributed by atoms with Gasteiger partial charge in [0.2, 0.25) is 0 Å². The van der Waals surface area contributed by atoms with Crippen LogP contribution < -0.4 is 14.5 Å². The molecule has 11 rings (SSSR count). The summed E-state index contributed by atoms with van der Waals surface area (Å²) in [5.74, 6) is 2.04. The molecule has 0 fully saturated rings. The van der Waals surface area contributed by atoms with Crippen molar-refractivity contribution in [1.29, 1.82) is 0 Å². The van der Waals surface area contributed by atoms with Crippen LogP contribution in [0.3, 0.4) is 0 Å². The molecule has 4 heterocycles. The molecule has 1 aliphatic heterocycles. The number of thiophene rings is 1. The van der Waals surface area contributed by atoms with E-state index in [1.807, 2.05) is 29.7 Å². The summed E-state index contributed by atoms with van der Waals surface area (Å²) >= 11 is 1.86. The smallest absolute Gasteiger partial charge is 0.135 e. The van der Waals surface area contributed by atoms with Crippen molar-refractivity contribution in [3.05, 3.63) is 187 Å². The topological polar surface area (TPSA) is 33.5 Å². The van der Waals surface area contributed by atoms with E-state index in [0.717, 1.165) is 50.4 Å². The van der Waals surface area contributed by atoms with Crippen LogP contribution in [-0.4, -0.2) is 9.55 Å². The van der Waals surface area contributed by atoms with E-state index in [9.17, 15) is 0 Å². The average molecular weight is 1130 g/mol. The Bertz CT molecular complexity index is 3650. The molecule has 0 unspecified atom stereocenters. The zero-order chi connectivity index (χ0) is 49.1. The van der Waals surface area contributed by atoms with Crippen molar-refractivity contribution >= 4 is 76.1 Å². The fourth-order valence-corrected chi connectivity index (χ4v) is 11.1. The first kappa shape index (κ1) is 48.4. The molecule has 0 saturated heterocycles. The van der Waals surface area contributed by atoms with E-state index >= 15 is 0 Å². The predicted octanol–water partition coefficient (Wildman–Crippen LogP) is 18.2. The van der Waals surface area contributed by atoms with Gasteiger partial charge in [-0.15, -0.1) is 59.4 Å². The summed E-state index contributed by atoms with van der Waals surface area (Å²) in [5, 5.41) is 4.81. The molecule has 7 aromatic carbocycles. The quantitative estimate of drug-likeness (QED) is 0.155. The third kappa shape index (κ3) is 8.76. The van der Waals surface area contributed by atoms with Gasteiger partial charge in [-0.25, -0.2) is 4.98 Å². The van der Waals surface area contributed by atoms with E-state index in [1.54, 1.807) is 0 Å². The van der Waals surface area contributed by atoms with E-state index in [2.05, 4.69) is 244 Å². The molecule has 71 heavy (non-hydrogen) atoms. The Morgan fingerprint density at radius 2 is 1.17 bits per heavy atom. The van der Waals surface area contributed by atoms with Crippen molar-refractivity contribution in [2.24, 2.45) is 0 Å². The van der Waals surface area contributed by atoms with Gasteiger partial charge in [0.15, 0.2) is 0 Å². The van der Waals surface area contributed by atoms with Gasteiger partial charge < -0.3 is 19.1 Å². The van der Waals surface area contributed by atoms with E-state index in [1.165, 1.54) is 53.6 Å². The van der Waals surface area contributed by atoms with Gasteiger partial charge in [-0.3, -0.25) is 0 Å². The number of pyridine rings is 1. The normalized spacial score (nSPS) is 13.4. The maximum Gasteiger partial charge on any atom is 0.135 e. The minimum Gasteiger partial charge on any atom is -0.509 e. The van der Waals surface area contributed by atoms with Gasteiger partial charge in [0.25, 0.3) is 0 Å². The van der Waals surface area contributed by atoms with E-state index in [0.29, 0.717) is 11.5 Å². The molecular formula is C64H61N4OPtS-3. The first-order valence-corrected chi connectivity index (χ1v) is 25.3. The van der Waals surface area contributed by atoms with E-state index in [-0.39, 0.29) is 42.7 Å². The SMILES string of the molecule is CC(C)(C)c1cc(N2[CH-]N(c3[c-]c(Oc4[c-]c5c(cc4)c4c(-c6cccc7c6sc6ccccc67)cccc4n5-c4cc(C(C)(C)C)ccn4)ccc3)c3ccc(C(C)(C)C)cc32)cc(C(C)(C)C)c1.[Pt]. The van der Waals surface area contributed by atoms with Crippen molar-refractivity contribution in [2.45, 2.75) is 105 Å². The Labute approximate surface area is 438 Å². The number of hydrogen-bond donors (Lipinski definition) is 0. The summed E-state index contributed by atoms with van der Waals surface area (Å²) in [7, 11) is 0. The van der Waals surface area contributed by atoms with Gasteiger partial charge in [-0.05, 0) is 109 Å². The van der Waals surface area contributed by atoms with Crippen LogP contribution in [0.25, 0.3) is 58.9 Å². The molecule has 1 aliphatic rings. The second-order valence-corrected chi connectivity index (χ2v) is 24.2. The molecule has 0 spiro atoms. The standard InChI is InChI=1S/C64H61N4OS.Pt/c1-61(2,3)40-26-29-53-56(35-40)67(45-33-42(63(7,8)9)32-43(34-45)64(10,11)12)39-66(53)44-18-15-19-46(37-44)69-47-27-28-52-55(38-47)68(58-36-41(30-31-65-58)62(4,5)6)54-24-17-21-49(59(52)54)51-23-16-22-50-48-20-13-14-25-57(48)70-60(50)51;/h13-36,39H,1-12H3;/q-3;. The van der Waals surface area contributed by atoms with Crippen molar-refractivity contribution in [3.63, 3.8) is 0 Å². The Balaban J connectivity index is 0.00000582. The number of benzene rings is 7. The van der Waals surface area contributed by atoms with Crippen LogP contribution >= 0.6 is 11.3 Å². The molecule has 362 valence electrons. The molecule has 0 bridgehead atoms. The summed E-state index contributed by atoms with van der Waals surface area (Å²) in [6, 6.07) is 58.2. The van der Waals surface area contributed by atoms with Crippen LogP contribution in [0.5, 0.6) is 11.5 Å². The molecule has 3 aromatic heterocycles. The van der Waals surface area contributed by atoms with Gasteiger partial charge in [0.1, 0.15) is 5.82 Å². The maximum atomic E-state index is 6.83. The van der Waals surface area contributed by atoms with Crippen molar-refractivity contribution in [2.75, 3.05) is 9.80 Å². The van der Waals surface area contributed by atoms with Gasteiger partial charge in [0.05, 0.1) is 0 Å². The molecule has 7 heteroatoms. The Kier molecular flexibility index (Phi) is 12.0. The third-order valence-electron chi connectivity index (χ3n) is 14.0. The van der Waals surface area contributed by atoms with Crippen molar-refractivity contribution in [3.8, 4) is 28.4 Å². The van der Waals surface area contributed by atoms with Gasteiger partial charge in [-0.1, -0.05) is 149 Å². The molecule has 10 aromatic rings. The largest absolute Gasteiger partial charge is 0.509 e. The number of fused-ring (bicyclic) bond motifs is 7. The molecule has 0 amide bonds. The van der Waals surface area contributed by atoms with E-state index < -0.39 is 0 Å². The molecule has 0 aliphatic carbocycles. The van der Waals surface area contributed by atoms with Crippen molar-refractivity contribution < 1.29 is 25.8 Å². The molecule has 0 atom stereocenters. The zero-order valence-corrected chi connectivity index (χ0v) is 45.9. The molecule has 0 radical (unpaired) electrons. The van der Waals surface area contributed by atoms with Gasteiger partial charge >= 0.3 is 0 Å². The third-order valence-corrected chi connectivity index (χ3v) is 15.2. The van der Waals surface area contributed by atoms with Crippen LogP contribution in [0, 0.1) is 18.8 Å². The minimum atomic E-state index is -0.0672. The molecular weight excluding hydrogens is 1070 g/mol. The van der Waals surface area contributed by atoms with Gasteiger partial charge in [-0.2, -0.15) is 12.1 Å². The van der Waals surface area contributed by atoms with Crippen LogP contribution in [0.15, 0.2) is 146 Å². The zero-order valence-electron chi connectivity index (χ0n) is 42.9. The van der Waals surface area contributed by atoms with Gasteiger partial charge in [0, 0.05) is 81.5 Å². The number of aromatic nitrogens is 2. The van der Waals surface area contributed by atoms with Crippen LogP contribution in [-0.2, 0) is 42.7 Å². The second kappa shape index (κ2) is 17.5. The van der Waals surface area contributed by atoms with Crippen LogP contribution in [0.4, 0.5) is 22.7 Å². The van der Waals surface area contributed by atoms with Crippen LogP contribution in [0.2, 0.25) is 0 Å². The van der Waals surface area contributed by atoms with Crippen LogP contribution in [0.1, 0.15) is 105 Å². The second-order valence-electron chi connectivity index (χ2n) is 23.1. The van der Waals surface area contributed by atoms with Crippen molar-refractivity contribution in [1.82, 2.24) is 9.55 Å². The summed E-state index contributed by atoms with van der Waals surface area (Å²) in [5.41, 5.74) is 13.6. The monoisotopic (exact) mass is 1130 g/mol. The molecule has 0 N–H and O–H groups in total. The average Bonchev–Trinajstić information content (AvgIpc) is 4.00. The summed E-state index contributed by atoms with van der Waals surface area (Å²) < 4.78 is 11.7. The summed E-state index contributed by atoms with van der Waals surface area (Å²) in [6.07, 6.45) is 1.93. The number of hydrogen-bond acceptors (Lipinski definition) is 5. The number of anilines is 4. The Morgan fingerprint density at radius 1 is 0.521 bits per heavy atom. The minimum absolute atomic E-state index is 0. The first-order valence-electron chi connectivity index (χ1n) is 24.5. The Hall–Kier alpha value is -6.20. The number of rotatable bonds is 6. The summed E-state index contributed by atoms with van der Waals surface area (Å²) in [6.45, 7) is 29.6. The molecule has 0 saturated carbocycles. The Morgan fingerprint density at radius 3 is 1.90 bits per heavy atom. The first-order chi connectivity index (χ1) is 33.2. The van der Waals surface area contributed by atoms with E-state index in [4.69, 9.17) is 9.72 Å².